The van der Waals surface area contributed by atoms with Crippen LogP contribution in [0.4, 0.5) is 0 Å². The summed E-state index contributed by atoms with van der Waals surface area (Å²) < 4.78 is 34.5. The first-order valence-corrected chi connectivity index (χ1v) is 6.31. The Kier molecular flexibility index (Phi) is 3.05. The topological polar surface area (TPSA) is 121 Å². The molecule has 0 bridgehead atoms. The second kappa shape index (κ2) is 4.41. The highest BCUT2D eigenvalue weighted by Crippen LogP contribution is 2.36. The van der Waals surface area contributed by atoms with Gasteiger partial charge in [-0.1, -0.05) is 24.3 Å². The van der Waals surface area contributed by atoms with Crippen molar-refractivity contribution in [2.24, 2.45) is 0 Å². The number of phenols is 1. The first kappa shape index (κ1) is 13.1. The van der Waals surface area contributed by atoms with Crippen molar-refractivity contribution in [3.8, 4) is 11.5 Å². The molecular weight excluding hydrogens is 276 g/mol. The number of carboxylic acids is 1. The van der Waals surface area contributed by atoms with E-state index in [4.69, 9.17) is 9.66 Å². The zero-order valence-electron chi connectivity index (χ0n) is 9.27. The molecule has 2 aromatic carbocycles. The molecule has 2 aromatic rings. The molecule has 100 valence electrons. The normalized spacial score (nSPS) is 11.4. The van der Waals surface area contributed by atoms with E-state index in [1.54, 1.807) is 6.07 Å². The van der Waals surface area contributed by atoms with Crippen LogP contribution in [0.5, 0.6) is 11.5 Å². The molecule has 3 N–H and O–H groups in total. The minimum Gasteiger partial charge on any atom is -0.506 e. The first-order chi connectivity index (χ1) is 8.79. The third-order valence-corrected chi connectivity index (χ3v) is 2.79. The van der Waals surface area contributed by atoms with Crippen LogP contribution in [0.3, 0.4) is 0 Å². The maximum atomic E-state index is 11.0. The van der Waals surface area contributed by atoms with Crippen LogP contribution in [0, 0.1) is 0 Å². The Morgan fingerprint density at radius 3 is 2.26 bits per heavy atom. The van der Waals surface area contributed by atoms with Gasteiger partial charge in [0.1, 0.15) is 11.3 Å². The van der Waals surface area contributed by atoms with Gasteiger partial charge in [-0.25, -0.2) is 4.79 Å². The molecule has 0 aliphatic heterocycles. The van der Waals surface area contributed by atoms with Gasteiger partial charge in [0.25, 0.3) is 0 Å². The fourth-order valence-electron chi connectivity index (χ4n) is 1.67. The van der Waals surface area contributed by atoms with E-state index < -0.39 is 27.7 Å². The van der Waals surface area contributed by atoms with Gasteiger partial charge in [-0.3, -0.25) is 4.55 Å². The molecule has 0 aliphatic rings. The van der Waals surface area contributed by atoms with E-state index in [-0.39, 0.29) is 16.5 Å². The van der Waals surface area contributed by atoms with E-state index in [1.807, 2.05) is 0 Å². The molecule has 0 aromatic heterocycles. The zero-order chi connectivity index (χ0) is 14.2. The molecule has 0 amide bonds. The number of aromatic carboxylic acids is 1. The van der Waals surface area contributed by atoms with Crippen LogP contribution in [-0.4, -0.2) is 29.2 Å². The monoisotopic (exact) mass is 284 g/mol. The van der Waals surface area contributed by atoms with Crippen molar-refractivity contribution in [3.63, 3.8) is 0 Å². The Balaban J connectivity index is 2.82. The predicted octanol–water partition coefficient (Wildman–Crippen LogP) is 1.43. The quantitative estimate of drug-likeness (QED) is 0.729. The van der Waals surface area contributed by atoms with E-state index in [0.717, 1.165) is 6.07 Å². The van der Waals surface area contributed by atoms with Crippen LogP contribution in [0.2, 0.25) is 0 Å². The molecular formula is C11H8O7S. The lowest BCUT2D eigenvalue weighted by Crippen LogP contribution is -2.08. The highest BCUT2D eigenvalue weighted by molar-refractivity contribution is 7.81. The second-order valence-corrected chi connectivity index (χ2v) is 4.65. The average molecular weight is 284 g/mol. The summed E-state index contributed by atoms with van der Waals surface area (Å²) in [5, 5.41) is 19.0. The molecule has 0 fully saturated rings. The smallest absolute Gasteiger partial charge is 0.446 e. The Bertz CT molecular complexity index is 764. The summed E-state index contributed by atoms with van der Waals surface area (Å²) in [7, 11) is -4.80. The number of rotatable bonds is 3. The highest BCUT2D eigenvalue weighted by Gasteiger charge is 2.19. The fraction of sp³-hybridized carbons (Fsp3) is 0. The number of carboxylic acid groups (broad SMARTS) is 1. The SMILES string of the molecule is O=C(O)c1cc(OS(=O)(=O)O)c2ccccc2c1O. The summed E-state index contributed by atoms with van der Waals surface area (Å²) in [6.07, 6.45) is 0. The molecule has 0 spiro atoms. The van der Waals surface area contributed by atoms with E-state index >= 15 is 0 Å². The van der Waals surface area contributed by atoms with Gasteiger partial charge in [-0.2, -0.15) is 8.42 Å². The molecule has 0 aliphatic carbocycles. The number of hydrogen-bond acceptors (Lipinski definition) is 5. The van der Waals surface area contributed by atoms with Gasteiger partial charge < -0.3 is 14.4 Å². The van der Waals surface area contributed by atoms with Gasteiger partial charge in [-0.15, -0.1) is 0 Å². The van der Waals surface area contributed by atoms with Crippen molar-refractivity contribution >= 4 is 27.1 Å². The van der Waals surface area contributed by atoms with Crippen molar-refractivity contribution in [3.05, 3.63) is 35.9 Å². The molecule has 0 unspecified atom stereocenters. The standard InChI is InChI=1S/C11H8O7S/c12-10-7-4-2-1-3-6(7)9(18-19(15,16)17)5-8(10)11(13)14/h1-5,12H,(H,13,14)(H,15,16,17). The van der Waals surface area contributed by atoms with Gasteiger partial charge in [0.2, 0.25) is 0 Å². The molecule has 0 radical (unpaired) electrons. The van der Waals surface area contributed by atoms with Crippen molar-refractivity contribution in [2.75, 3.05) is 0 Å². The number of aromatic hydroxyl groups is 1. The van der Waals surface area contributed by atoms with Gasteiger partial charge in [0.05, 0.1) is 0 Å². The Morgan fingerprint density at radius 2 is 1.74 bits per heavy atom. The maximum Gasteiger partial charge on any atom is 0.446 e. The van der Waals surface area contributed by atoms with E-state index in [2.05, 4.69) is 4.18 Å². The van der Waals surface area contributed by atoms with Gasteiger partial charge >= 0.3 is 16.4 Å². The molecule has 0 atom stereocenters. The molecule has 2 rings (SSSR count). The lowest BCUT2D eigenvalue weighted by molar-refractivity contribution is 0.0693. The summed E-state index contributed by atoms with van der Waals surface area (Å²) >= 11 is 0. The van der Waals surface area contributed by atoms with Crippen LogP contribution in [0.15, 0.2) is 30.3 Å². The molecule has 0 saturated carbocycles. The predicted molar refractivity (Wildman–Crippen MR) is 64.7 cm³/mol. The van der Waals surface area contributed by atoms with Gasteiger partial charge in [0, 0.05) is 16.8 Å². The maximum absolute atomic E-state index is 11.0. The molecule has 7 nitrogen and oxygen atoms in total. The summed E-state index contributed by atoms with van der Waals surface area (Å²) in [5.74, 6) is -2.34. The van der Waals surface area contributed by atoms with Crippen molar-refractivity contribution in [2.45, 2.75) is 0 Å². The lowest BCUT2D eigenvalue weighted by Gasteiger charge is -2.10. The summed E-state index contributed by atoms with van der Waals surface area (Å²) in [6, 6.07) is 6.72. The number of hydrogen-bond donors (Lipinski definition) is 3. The lowest BCUT2D eigenvalue weighted by atomic mass is 10.0. The Morgan fingerprint density at radius 1 is 1.16 bits per heavy atom. The van der Waals surface area contributed by atoms with Gasteiger partial charge in [0.15, 0.2) is 5.75 Å². The number of benzene rings is 2. The third kappa shape index (κ3) is 2.59. The van der Waals surface area contributed by atoms with E-state index in [1.165, 1.54) is 18.2 Å². The zero-order valence-corrected chi connectivity index (χ0v) is 10.1. The third-order valence-electron chi connectivity index (χ3n) is 2.40. The second-order valence-electron chi connectivity index (χ2n) is 3.63. The van der Waals surface area contributed by atoms with Crippen LogP contribution < -0.4 is 4.18 Å². The minimum atomic E-state index is -4.80. The summed E-state index contributed by atoms with van der Waals surface area (Å²) in [4.78, 5) is 11.0. The molecule has 8 heteroatoms. The Labute approximate surface area is 107 Å². The first-order valence-electron chi connectivity index (χ1n) is 4.94. The van der Waals surface area contributed by atoms with Crippen LogP contribution in [-0.2, 0) is 10.4 Å². The average Bonchev–Trinajstić information content (AvgIpc) is 2.31. The van der Waals surface area contributed by atoms with E-state index in [0.29, 0.717) is 0 Å². The Hall–Kier alpha value is -2.32. The molecule has 0 heterocycles. The van der Waals surface area contributed by atoms with Gasteiger partial charge in [-0.05, 0) is 0 Å². The van der Waals surface area contributed by atoms with Crippen LogP contribution in [0.1, 0.15) is 10.4 Å². The number of carbonyl (C=O) groups is 1. The highest BCUT2D eigenvalue weighted by atomic mass is 32.3. The number of fused-ring (bicyclic) bond motifs is 1. The van der Waals surface area contributed by atoms with Crippen molar-refractivity contribution < 1.29 is 32.2 Å². The molecule has 0 saturated heterocycles. The largest absolute Gasteiger partial charge is 0.506 e. The van der Waals surface area contributed by atoms with E-state index in [9.17, 15) is 18.3 Å². The van der Waals surface area contributed by atoms with Crippen LogP contribution >= 0.6 is 0 Å². The summed E-state index contributed by atoms with van der Waals surface area (Å²) in [5.41, 5.74) is -0.530. The van der Waals surface area contributed by atoms with Crippen LogP contribution in [0.25, 0.3) is 10.8 Å². The summed E-state index contributed by atoms with van der Waals surface area (Å²) in [6.45, 7) is 0. The van der Waals surface area contributed by atoms with Crippen molar-refractivity contribution in [1.29, 1.82) is 0 Å². The molecule has 19 heavy (non-hydrogen) atoms. The fourth-order valence-corrected chi connectivity index (χ4v) is 2.04. The minimum absolute atomic E-state index is 0.0982. The van der Waals surface area contributed by atoms with Crippen molar-refractivity contribution in [1.82, 2.24) is 0 Å².